The van der Waals surface area contributed by atoms with Crippen LogP contribution < -0.4 is 0 Å². The molecule has 0 aromatic heterocycles. The number of nitrogens with zero attached hydrogens (tertiary/aromatic N) is 2. The van der Waals surface area contributed by atoms with Gasteiger partial charge in [0.15, 0.2) is 0 Å². The van der Waals surface area contributed by atoms with Gasteiger partial charge >= 0.3 is 0 Å². The molecule has 0 spiro atoms. The summed E-state index contributed by atoms with van der Waals surface area (Å²) in [5.41, 5.74) is 3.64. The summed E-state index contributed by atoms with van der Waals surface area (Å²) < 4.78 is 25.9. The van der Waals surface area contributed by atoms with E-state index in [1.807, 2.05) is 24.3 Å². The van der Waals surface area contributed by atoms with Crippen LogP contribution in [-0.2, 0) is 20.9 Å². The molecule has 2 aromatic rings. The second-order valence-electron chi connectivity index (χ2n) is 14.0. The first kappa shape index (κ1) is 38.0. The molecular weight excluding hydrogens is 599 g/mol. The van der Waals surface area contributed by atoms with E-state index in [1.165, 1.54) is 62.5 Å². The summed E-state index contributed by atoms with van der Waals surface area (Å²) in [7, 11) is 5.23. The Labute approximate surface area is 273 Å². The second-order valence-corrected chi connectivity index (χ2v) is 16.3. The fraction of sp³-hybridized carbons (Fsp3) is 0.657. The van der Waals surface area contributed by atoms with E-state index in [0.717, 1.165) is 21.9 Å². The summed E-state index contributed by atoms with van der Waals surface area (Å²) in [5, 5.41) is 1.67. The number of hydrogen-bond acceptors (Lipinski definition) is 4. The van der Waals surface area contributed by atoms with E-state index >= 15 is 0 Å². The van der Waals surface area contributed by atoms with Crippen LogP contribution in [0.4, 0.5) is 0 Å². The van der Waals surface area contributed by atoms with Crippen molar-refractivity contribution >= 4 is 33.3 Å². The minimum atomic E-state index is -3.67. The van der Waals surface area contributed by atoms with Gasteiger partial charge in [0.1, 0.15) is 0 Å². The Morgan fingerprint density at radius 2 is 0.930 bits per heavy atom. The van der Waals surface area contributed by atoms with Crippen molar-refractivity contribution < 1.29 is 13.0 Å². The minimum Gasteiger partial charge on any atom is -0.306 e. The molecule has 2 atom stereocenters. The standard InChI is InChI=1S/2C17H26ClN.CH4O3S/c2*1-13(2)12-16(19(3)4)17(10-5-11-17)14-6-8-15(18)9-7-14;1-5(2,3)4/h2*6-9,13,16H,5,10-12H2,1-4H3;1H3,(H,2,3,4). The normalized spacial score (nSPS) is 18.6. The first-order chi connectivity index (χ1) is 19.9. The molecule has 0 amide bonds. The van der Waals surface area contributed by atoms with Gasteiger partial charge in [0.25, 0.3) is 10.1 Å². The third-order valence-corrected chi connectivity index (χ3v) is 9.75. The van der Waals surface area contributed by atoms with Gasteiger partial charge < -0.3 is 9.80 Å². The van der Waals surface area contributed by atoms with Crippen LogP contribution >= 0.6 is 23.2 Å². The van der Waals surface area contributed by atoms with Gasteiger partial charge in [-0.25, -0.2) is 0 Å². The minimum absolute atomic E-state index is 0.346. The zero-order chi connectivity index (χ0) is 32.6. The summed E-state index contributed by atoms with van der Waals surface area (Å²) in [6.07, 6.45) is 11.2. The molecule has 0 bridgehead atoms. The fourth-order valence-corrected chi connectivity index (χ4v) is 7.31. The molecular formula is C35H56Cl2N2O3S. The van der Waals surface area contributed by atoms with Crippen molar-refractivity contribution in [2.45, 2.75) is 102 Å². The molecule has 4 rings (SSSR count). The smallest absolute Gasteiger partial charge is 0.261 e. The van der Waals surface area contributed by atoms with Crippen LogP contribution in [0.5, 0.6) is 0 Å². The first-order valence-corrected chi connectivity index (χ1v) is 18.3. The summed E-state index contributed by atoms with van der Waals surface area (Å²) in [4.78, 5) is 4.85. The summed E-state index contributed by atoms with van der Waals surface area (Å²) in [6.45, 7) is 9.30. The summed E-state index contributed by atoms with van der Waals surface area (Å²) >= 11 is 12.1. The van der Waals surface area contributed by atoms with Gasteiger partial charge in [-0.1, -0.05) is 88.0 Å². The Kier molecular flexibility index (Phi) is 14.5. The lowest BCUT2D eigenvalue weighted by molar-refractivity contribution is 0.0808. The molecule has 1 N–H and O–H groups in total. The predicted octanol–water partition coefficient (Wildman–Crippen LogP) is 8.98. The Hall–Kier alpha value is -1.15. The lowest BCUT2D eigenvalue weighted by Crippen LogP contribution is -2.52. The van der Waals surface area contributed by atoms with E-state index in [2.05, 4.69) is 90.0 Å². The largest absolute Gasteiger partial charge is 0.306 e. The van der Waals surface area contributed by atoms with Gasteiger partial charge in [0, 0.05) is 33.0 Å². The van der Waals surface area contributed by atoms with E-state index in [-0.39, 0.29) is 0 Å². The first-order valence-electron chi connectivity index (χ1n) is 15.7. The topological polar surface area (TPSA) is 60.9 Å². The molecule has 2 saturated carbocycles. The Bertz CT molecular complexity index is 1120. The van der Waals surface area contributed by atoms with Crippen molar-refractivity contribution in [1.82, 2.24) is 9.80 Å². The third-order valence-electron chi connectivity index (χ3n) is 9.24. The molecule has 2 unspecified atom stereocenters. The van der Waals surface area contributed by atoms with Crippen LogP contribution in [0.2, 0.25) is 10.0 Å². The van der Waals surface area contributed by atoms with E-state index < -0.39 is 10.1 Å². The number of hydrogen-bond donors (Lipinski definition) is 1. The van der Waals surface area contributed by atoms with E-state index in [0.29, 0.717) is 29.2 Å². The van der Waals surface area contributed by atoms with Crippen molar-refractivity contribution in [3.8, 4) is 0 Å². The molecule has 0 aliphatic heterocycles. The predicted molar refractivity (Wildman–Crippen MR) is 185 cm³/mol. The van der Waals surface area contributed by atoms with Gasteiger partial charge in [-0.2, -0.15) is 8.42 Å². The summed E-state index contributed by atoms with van der Waals surface area (Å²) in [6, 6.07) is 18.4. The molecule has 2 aliphatic carbocycles. The fourth-order valence-electron chi connectivity index (χ4n) is 7.06. The average molecular weight is 656 g/mol. The van der Waals surface area contributed by atoms with Gasteiger partial charge in [0.2, 0.25) is 0 Å². The lowest BCUT2D eigenvalue weighted by atomic mass is 9.58. The zero-order valence-corrected chi connectivity index (χ0v) is 30.2. The monoisotopic (exact) mass is 654 g/mol. The van der Waals surface area contributed by atoms with Crippen molar-refractivity contribution in [3.63, 3.8) is 0 Å². The summed E-state index contributed by atoms with van der Waals surface area (Å²) in [5.74, 6) is 1.47. The Morgan fingerprint density at radius 3 is 1.09 bits per heavy atom. The van der Waals surface area contributed by atoms with Crippen LogP contribution in [0.25, 0.3) is 0 Å². The molecule has 0 radical (unpaired) electrons. The van der Waals surface area contributed by atoms with Gasteiger partial charge in [0.05, 0.1) is 6.26 Å². The quantitative estimate of drug-likeness (QED) is 0.259. The van der Waals surface area contributed by atoms with E-state index in [9.17, 15) is 8.42 Å². The molecule has 0 saturated heterocycles. The molecule has 43 heavy (non-hydrogen) atoms. The molecule has 244 valence electrons. The highest BCUT2D eigenvalue weighted by molar-refractivity contribution is 7.85. The van der Waals surface area contributed by atoms with Crippen molar-refractivity contribution in [2.75, 3.05) is 34.4 Å². The highest BCUT2D eigenvalue weighted by Crippen LogP contribution is 2.50. The molecule has 2 aromatic carbocycles. The van der Waals surface area contributed by atoms with Crippen molar-refractivity contribution in [2.24, 2.45) is 11.8 Å². The lowest BCUT2D eigenvalue weighted by Gasteiger charge is -2.51. The average Bonchev–Trinajstić information content (AvgIpc) is 2.82. The molecule has 2 fully saturated rings. The molecule has 8 heteroatoms. The number of rotatable bonds is 10. The van der Waals surface area contributed by atoms with Crippen LogP contribution in [0, 0.1) is 11.8 Å². The van der Waals surface area contributed by atoms with E-state index in [1.54, 1.807) is 0 Å². The Morgan fingerprint density at radius 1 is 0.674 bits per heavy atom. The van der Waals surface area contributed by atoms with Crippen LogP contribution in [0.1, 0.15) is 90.2 Å². The molecule has 0 heterocycles. The highest BCUT2D eigenvalue weighted by atomic mass is 35.5. The van der Waals surface area contributed by atoms with Crippen molar-refractivity contribution in [3.05, 3.63) is 69.7 Å². The number of likely N-dealkylation sites (N-methyl/N-ethyl adjacent to an activating group) is 2. The molecule has 5 nitrogen and oxygen atoms in total. The van der Waals surface area contributed by atoms with E-state index in [4.69, 9.17) is 27.8 Å². The van der Waals surface area contributed by atoms with Crippen molar-refractivity contribution in [1.29, 1.82) is 0 Å². The maximum Gasteiger partial charge on any atom is 0.261 e. The number of halogens is 2. The molecule has 2 aliphatic rings. The maximum atomic E-state index is 9.19. The van der Waals surface area contributed by atoms with Gasteiger partial charge in [-0.05, 0) is 114 Å². The maximum absolute atomic E-state index is 9.19. The Balaban J connectivity index is 0.000000260. The second kappa shape index (κ2) is 16.4. The zero-order valence-electron chi connectivity index (χ0n) is 27.9. The third kappa shape index (κ3) is 11.0. The SMILES string of the molecule is CC(C)CC(N(C)C)C1(c2ccc(Cl)cc2)CCC1.CC(C)CC(N(C)C)C1(c2ccc(Cl)cc2)CCC1.CS(=O)(=O)O. The van der Waals surface area contributed by atoms with Gasteiger partial charge in [-0.15, -0.1) is 0 Å². The van der Waals surface area contributed by atoms with Crippen LogP contribution in [0.15, 0.2) is 48.5 Å². The van der Waals surface area contributed by atoms with Gasteiger partial charge in [-0.3, -0.25) is 4.55 Å². The number of benzene rings is 2. The highest BCUT2D eigenvalue weighted by Gasteiger charge is 2.47. The van der Waals surface area contributed by atoms with Crippen LogP contribution in [0.3, 0.4) is 0 Å². The van der Waals surface area contributed by atoms with Crippen LogP contribution in [-0.4, -0.2) is 69.3 Å².